The zero-order chi connectivity index (χ0) is 22.6. The molecule has 33 heavy (non-hydrogen) atoms. The Morgan fingerprint density at radius 3 is 2.73 bits per heavy atom. The van der Waals surface area contributed by atoms with Crippen LogP contribution in [0.3, 0.4) is 0 Å². The summed E-state index contributed by atoms with van der Waals surface area (Å²) >= 11 is 1.64. The van der Waals surface area contributed by atoms with Crippen LogP contribution in [-0.2, 0) is 16.1 Å². The molecule has 5 rings (SSSR count). The number of hydrogen-bond acceptors (Lipinski definition) is 4. The number of carbonyl (C=O) groups is 2. The molecule has 1 aliphatic carbocycles. The van der Waals surface area contributed by atoms with Gasteiger partial charge in [-0.1, -0.05) is 36.4 Å². The van der Waals surface area contributed by atoms with E-state index in [9.17, 15) is 9.59 Å². The molecule has 1 atom stereocenters. The van der Waals surface area contributed by atoms with Gasteiger partial charge in [0.2, 0.25) is 11.8 Å². The minimum Gasteiger partial charge on any atom is -0.353 e. The summed E-state index contributed by atoms with van der Waals surface area (Å²) in [5.74, 6) is -0.0555. The van der Waals surface area contributed by atoms with Crippen LogP contribution in [0.4, 0.5) is 0 Å². The Labute approximate surface area is 197 Å². The average molecular weight is 461 g/mol. The molecule has 3 heterocycles. The molecule has 1 aliphatic heterocycles. The normalized spacial score (nSPS) is 18.5. The maximum Gasteiger partial charge on any atom is 0.246 e. The van der Waals surface area contributed by atoms with E-state index in [1.54, 1.807) is 22.3 Å². The lowest BCUT2D eigenvalue weighted by Crippen LogP contribution is -2.45. The van der Waals surface area contributed by atoms with Crippen molar-refractivity contribution in [3.8, 4) is 10.6 Å². The Balaban J connectivity index is 1.30. The summed E-state index contributed by atoms with van der Waals surface area (Å²) in [6.45, 7) is 1.86. The van der Waals surface area contributed by atoms with E-state index in [0.717, 1.165) is 41.8 Å². The Kier molecular flexibility index (Phi) is 6.39. The SMILES string of the molecule is O=C(NC1CC1)C1CCCN(C(=O)/C=C/c2cn(Cc3ccccc3)nc2-c2cccs2)C1. The fourth-order valence-electron chi connectivity index (χ4n) is 4.22. The molecule has 0 bridgehead atoms. The van der Waals surface area contributed by atoms with Gasteiger partial charge in [-0.05, 0) is 48.8 Å². The van der Waals surface area contributed by atoms with Crippen LogP contribution in [0.2, 0.25) is 0 Å². The minimum absolute atomic E-state index is 0.0492. The Bertz CT molecular complexity index is 1130. The second-order valence-electron chi connectivity index (χ2n) is 8.83. The summed E-state index contributed by atoms with van der Waals surface area (Å²) in [7, 11) is 0. The first-order valence-corrected chi connectivity index (χ1v) is 12.5. The van der Waals surface area contributed by atoms with Crippen molar-refractivity contribution in [1.82, 2.24) is 20.0 Å². The summed E-state index contributed by atoms with van der Waals surface area (Å²) in [6.07, 6.45) is 9.34. The van der Waals surface area contributed by atoms with Crippen molar-refractivity contribution in [3.63, 3.8) is 0 Å². The van der Waals surface area contributed by atoms with Crippen LogP contribution in [0.5, 0.6) is 0 Å². The number of likely N-dealkylation sites (tertiary alicyclic amines) is 1. The molecule has 1 saturated heterocycles. The van der Waals surface area contributed by atoms with Gasteiger partial charge in [-0.25, -0.2) is 0 Å². The smallest absolute Gasteiger partial charge is 0.246 e. The lowest BCUT2D eigenvalue weighted by Gasteiger charge is -2.31. The molecular weight excluding hydrogens is 432 g/mol. The Morgan fingerprint density at radius 2 is 1.97 bits per heavy atom. The van der Waals surface area contributed by atoms with Crippen molar-refractivity contribution in [2.24, 2.45) is 5.92 Å². The highest BCUT2D eigenvalue weighted by atomic mass is 32.1. The van der Waals surface area contributed by atoms with Crippen molar-refractivity contribution < 1.29 is 9.59 Å². The van der Waals surface area contributed by atoms with E-state index in [2.05, 4.69) is 17.4 Å². The quantitative estimate of drug-likeness (QED) is 0.538. The minimum atomic E-state index is -0.105. The van der Waals surface area contributed by atoms with Crippen LogP contribution in [0.1, 0.15) is 36.8 Å². The molecule has 2 aliphatic rings. The van der Waals surface area contributed by atoms with Crippen molar-refractivity contribution in [2.75, 3.05) is 13.1 Å². The zero-order valence-corrected chi connectivity index (χ0v) is 19.3. The van der Waals surface area contributed by atoms with Gasteiger partial charge >= 0.3 is 0 Å². The molecule has 1 unspecified atom stereocenters. The van der Waals surface area contributed by atoms with Crippen molar-refractivity contribution in [1.29, 1.82) is 0 Å². The van der Waals surface area contributed by atoms with Gasteiger partial charge in [-0.15, -0.1) is 11.3 Å². The maximum atomic E-state index is 13.0. The fraction of sp³-hybridized carbons (Fsp3) is 0.346. The van der Waals surface area contributed by atoms with E-state index >= 15 is 0 Å². The van der Waals surface area contributed by atoms with Crippen LogP contribution >= 0.6 is 11.3 Å². The van der Waals surface area contributed by atoms with Gasteiger partial charge in [0.1, 0.15) is 5.69 Å². The maximum absolute atomic E-state index is 13.0. The van der Waals surface area contributed by atoms with Crippen LogP contribution in [-0.4, -0.2) is 45.6 Å². The summed E-state index contributed by atoms with van der Waals surface area (Å²) in [5.41, 5.74) is 2.97. The number of piperidine rings is 1. The van der Waals surface area contributed by atoms with Crippen molar-refractivity contribution in [3.05, 3.63) is 71.2 Å². The largest absolute Gasteiger partial charge is 0.353 e. The van der Waals surface area contributed by atoms with E-state index in [-0.39, 0.29) is 17.7 Å². The third-order valence-corrected chi connectivity index (χ3v) is 7.04. The number of aromatic nitrogens is 2. The van der Waals surface area contributed by atoms with Crippen LogP contribution in [0.25, 0.3) is 16.6 Å². The van der Waals surface area contributed by atoms with E-state index < -0.39 is 0 Å². The molecule has 2 aromatic heterocycles. The molecule has 1 saturated carbocycles. The molecule has 7 heteroatoms. The standard InChI is InChI=1S/C26H28N4O2S/c31-24(29-14-4-8-21(17-29)26(32)27-22-11-12-22)13-10-20-18-30(16-19-6-2-1-3-7-19)28-25(20)23-9-5-15-33-23/h1-3,5-7,9-10,13,15,18,21-22H,4,8,11-12,14,16-17H2,(H,27,32)/b13-10+. The molecule has 2 fully saturated rings. The van der Waals surface area contributed by atoms with Crippen LogP contribution in [0, 0.1) is 5.92 Å². The lowest BCUT2D eigenvalue weighted by atomic mass is 9.97. The summed E-state index contributed by atoms with van der Waals surface area (Å²) in [5, 5.41) is 9.92. The van der Waals surface area contributed by atoms with Gasteiger partial charge < -0.3 is 10.2 Å². The van der Waals surface area contributed by atoms with Crippen LogP contribution in [0.15, 0.2) is 60.1 Å². The van der Waals surface area contributed by atoms with E-state index in [1.165, 1.54) is 5.56 Å². The van der Waals surface area contributed by atoms with E-state index in [4.69, 9.17) is 5.10 Å². The molecule has 3 aromatic rings. The number of nitrogens with zero attached hydrogens (tertiary/aromatic N) is 3. The number of thiophene rings is 1. The molecule has 1 aromatic carbocycles. The number of amides is 2. The molecule has 1 N–H and O–H groups in total. The van der Waals surface area contributed by atoms with Gasteiger partial charge in [0.15, 0.2) is 0 Å². The number of nitrogens with one attached hydrogen (secondary N) is 1. The zero-order valence-electron chi connectivity index (χ0n) is 18.5. The van der Waals surface area contributed by atoms with Gasteiger partial charge in [0.25, 0.3) is 0 Å². The molecule has 2 amide bonds. The number of benzene rings is 1. The van der Waals surface area contributed by atoms with Gasteiger partial charge in [0.05, 0.1) is 17.3 Å². The molecule has 0 radical (unpaired) electrons. The number of rotatable bonds is 7. The predicted octanol–water partition coefficient (Wildman–Crippen LogP) is 4.19. The fourth-order valence-corrected chi connectivity index (χ4v) is 4.95. The number of carbonyl (C=O) groups excluding carboxylic acids is 2. The second-order valence-corrected chi connectivity index (χ2v) is 9.78. The van der Waals surface area contributed by atoms with Gasteiger partial charge in [-0.3, -0.25) is 14.3 Å². The number of hydrogen-bond donors (Lipinski definition) is 1. The third-order valence-electron chi connectivity index (χ3n) is 6.17. The Hall–Kier alpha value is -3.19. The van der Waals surface area contributed by atoms with Gasteiger partial charge in [-0.2, -0.15) is 5.10 Å². The molecule has 0 spiro atoms. The van der Waals surface area contributed by atoms with E-state index in [1.807, 2.05) is 52.7 Å². The predicted molar refractivity (Wildman–Crippen MR) is 131 cm³/mol. The molecule has 170 valence electrons. The van der Waals surface area contributed by atoms with Crippen LogP contribution < -0.4 is 5.32 Å². The molecular formula is C26H28N4O2S. The van der Waals surface area contributed by atoms with Gasteiger partial charge in [0, 0.05) is 37.0 Å². The average Bonchev–Trinajstić information content (AvgIpc) is 3.32. The van der Waals surface area contributed by atoms with Crippen molar-refractivity contribution >= 4 is 29.2 Å². The van der Waals surface area contributed by atoms with E-state index in [0.29, 0.717) is 25.7 Å². The molecule has 6 nitrogen and oxygen atoms in total. The highest BCUT2D eigenvalue weighted by molar-refractivity contribution is 7.13. The Morgan fingerprint density at radius 1 is 1.12 bits per heavy atom. The summed E-state index contributed by atoms with van der Waals surface area (Å²) in [4.78, 5) is 28.3. The summed E-state index contributed by atoms with van der Waals surface area (Å²) < 4.78 is 1.92. The lowest BCUT2D eigenvalue weighted by molar-refractivity contribution is -0.132. The second kappa shape index (κ2) is 9.75. The highest BCUT2D eigenvalue weighted by Gasteiger charge is 2.31. The first kappa shape index (κ1) is 21.6. The highest BCUT2D eigenvalue weighted by Crippen LogP contribution is 2.28. The first-order valence-electron chi connectivity index (χ1n) is 11.6. The monoisotopic (exact) mass is 460 g/mol. The topological polar surface area (TPSA) is 67.2 Å². The van der Waals surface area contributed by atoms with Crippen molar-refractivity contribution in [2.45, 2.75) is 38.3 Å². The summed E-state index contributed by atoms with van der Waals surface area (Å²) in [6, 6.07) is 14.6. The third kappa shape index (κ3) is 5.42. The first-order chi connectivity index (χ1) is 16.2.